The van der Waals surface area contributed by atoms with E-state index in [0.717, 1.165) is 6.07 Å². The molecule has 0 aliphatic carbocycles. The van der Waals surface area contributed by atoms with Crippen LogP contribution >= 0.6 is 11.6 Å². The molecule has 0 aliphatic heterocycles. The smallest absolute Gasteiger partial charge is 0.325 e. The summed E-state index contributed by atoms with van der Waals surface area (Å²) in [5, 5.41) is 8.77. The van der Waals surface area contributed by atoms with Crippen LogP contribution in [0.25, 0.3) is 0 Å². The van der Waals surface area contributed by atoms with Crippen LogP contribution < -0.4 is 5.73 Å². The quantitative estimate of drug-likeness (QED) is 0.767. The zero-order valence-electron chi connectivity index (χ0n) is 6.50. The van der Waals surface area contributed by atoms with Gasteiger partial charge in [0, 0.05) is 10.6 Å². The fourth-order valence-electron chi connectivity index (χ4n) is 0.886. The summed E-state index contributed by atoms with van der Waals surface area (Å²) in [6.45, 7) is 0. The van der Waals surface area contributed by atoms with Crippen molar-refractivity contribution in [3.63, 3.8) is 0 Å². The van der Waals surface area contributed by atoms with E-state index in [4.69, 9.17) is 22.4 Å². The number of benzene rings is 1. The van der Waals surface area contributed by atoms with Crippen LogP contribution in [0.4, 0.5) is 4.39 Å². The molecule has 5 heteroatoms. The zero-order chi connectivity index (χ0) is 10.0. The minimum absolute atomic E-state index is 0.111. The maximum absolute atomic E-state index is 13.0. The van der Waals surface area contributed by atoms with Crippen molar-refractivity contribution >= 4 is 17.6 Å². The maximum Gasteiger partial charge on any atom is 0.325 e. The molecule has 0 bridgehead atoms. The number of rotatable bonds is 2. The lowest BCUT2D eigenvalue weighted by atomic mass is 10.1. The SMILES string of the molecule is NC(C(=O)O)c1cc(Cl)ccc1F. The minimum Gasteiger partial charge on any atom is -0.480 e. The van der Waals surface area contributed by atoms with E-state index in [0.29, 0.717) is 0 Å². The summed E-state index contributed by atoms with van der Waals surface area (Å²) in [6.07, 6.45) is 0. The van der Waals surface area contributed by atoms with Gasteiger partial charge in [-0.1, -0.05) is 11.6 Å². The van der Waals surface area contributed by atoms with Gasteiger partial charge in [0.2, 0.25) is 0 Å². The van der Waals surface area contributed by atoms with Crippen LogP contribution in [0, 0.1) is 5.82 Å². The average Bonchev–Trinajstić information content (AvgIpc) is 2.08. The van der Waals surface area contributed by atoms with Gasteiger partial charge in [0.05, 0.1) is 0 Å². The summed E-state index contributed by atoms with van der Waals surface area (Å²) in [5.74, 6) is -1.96. The van der Waals surface area contributed by atoms with Crippen molar-refractivity contribution < 1.29 is 14.3 Å². The standard InChI is InChI=1S/C8H7ClFNO2/c9-4-1-2-6(10)5(3-4)7(11)8(12)13/h1-3,7H,11H2,(H,12,13). The molecular weight excluding hydrogens is 197 g/mol. The Hall–Kier alpha value is -1.13. The molecule has 0 aromatic heterocycles. The van der Waals surface area contributed by atoms with Crippen LogP contribution in [0.5, 0.6) is 0 Å². The first-order valence-electron chi connectivity index (χ1n) is 3.45. The van der Waals surface area contributed by atoms with Crippen LogP contribution in [-0.4, -0.2) is 11.1 Å². The second kappa shape index (κ2) is 3.72. The van der Waals surface area contributed by atoms with Crippen LogP contribution in [0.1, 0.15) is 11.6 Å². The van der Waals surface area contributed by atoms with Crippen LogP contribution in [0.2, 0.25) is 5.02 Å². The number of carboxylic acid groups (broad SMARTS) is 1. The fraction of sp³-hybridized carbons (Fsp3) is 0.125. The molecule has 3 nitrogen and oxygen atoms in total. The van der Waals surface area contributed by atoms with Crippen LogP contribution in [0.15, 0.2) is 18.2 Å². The molecule has 3 N–H and O–H groups in total. The Kier molecular flexibility index (Phi) is 2.85. The Morgan fingerprint density at radius 2 is 2.23 bits per heavy atom. The molecule has 13 heavy (non-hydrogen) atoms. The van der Waals surface area contributed by atoms with E-state index in [9.17, 15) is 9.18 Å². The Morgan fingerprint density at radius 1 is 1.62 bits per heavy atom. The number of hydrogen-bond acceptors (Lipinski definition) is 2. The number of carboxylic acids is 1. The van der Waals surface area contributed by atoms with Gasteiger partial charge in [-0.15, -0.1) is 0 Å². The summed E-state index contributed by atoms with van der Waals surface area (Å²) in [6, 6.07) is 2.24. The number of aliphatic carboxylic acids is 1. The van der Waals surface area contributed by atoms with Gasteiger partial charge in [-0.05, 0) is 18.2 Å². The number of halogens is 2. The normalized spacial score (nSPS) is 12.5. The average molecular weight is 204 g/mol. The molecular formula is C8H7ClFNO2. The van der Waals surface area contributed by atoms with Gasteiger partial charge in [0.15, 0.2) is 0 Å². The van der Waals surface area contributed by atoms with Gasteiger partial charge < -0.3 is 10.8 Å². The van der Waals surface area contributed by atoms with Gasteiger partial charge in [-0.2, -0.15) is 0 Å². The molecule has 0 saturated carbocycles. The van der Waals surface area contributed by atoms with Crippen molar-refractivity contribution in [2.75, 3.05) is 0 Å². The highest BCUT2D eigenvalue weighted by molar-refractivity contribution is 6.30. The van der Waals surface area contributed by atoms with E-state index in [1.165, 1.54) is 12.1 Å². The topological polar surface area (TPSA) is 63.3 Å². The summed E-state index contributed by atoms with van der Waals surface area (Å²) < 4.78 is 13.0. The molecule has 0 radical (unpaired) electrons. The van der Waals surface area contributed by atoms with E-state index >= 15 is 0 Å². The Morgan fingerprint density at radius 3 is 2.77 bits per heavy atom. The molecule has 0 fully saturated rings. The second-order valence-corrected chi connectivity index (χ2v) is 2.92. The first-order chi connectivity index (χ1) is 6.02. The zero-order valence-corrected chi connectivity index (χ0v) is 7.25. The van der Waals surface area contributed by atoms with Crippen molar-refractivity contribution in [3.8, 4) is 0 Å². The summed E-state index contributed by atoms with van der Waals surface area (Å²) in [4.78, 5) is 10.4. The van der Waals surface area contributed by atoms with Crippen molar-refractivity contribution in [1.82, 2.24) is 0 Å². The van der Waals surface area contributed by atoms with Crippen molar-refractivity contribution in [3.05, 3.63) is 34.6 Å². The Balaban J connectivity index is 3.12. The van der Waals surface area contributed by atoms with Gasteiger partial charge in [0.25, 0.3) is 0 Å². The van der Waals surface area contributed by atoms with E-state index in [2.05, 4.69) is 0 Å². The van der Waals surface area contributed by atoms with Crippen molar-refractivity contribution in [1.29, 1.82) is 0 Å². The first kappa shape index (κ1) is 9.95. The second-order valence-electron chi connectivity index (χ2n) is 2.48. The number of hydrogen-bond donors (Lipinski definition) is 2. The Labute approximate surface area is 78.9 Å². The molecule has 0 spiro atoms. The van der Waals surface area contributed by atoms with Gasteiger partial charge in [-0.25, -0.2) is 4.39 Å². The molecule has 0 aliphatic rings. The molecule has 1 aromatic rings. The third kappa shape index (κ3) is 2.17. The van der Waals surface area contributed by atoms with Crippen LogP contribution in [0.3, 0.4) is 0 Å². The molecule has 70 valence electrons. The predicted octanol–water partition coefficient (Wildman–Crippen LogP) is 1.56. The first-order valence-corrected chi connectivity index (χ1v) is 3.83. The third-order valence-corrected chi connectivity index (χ3v) is 1.79. The minimum atomic E-state index is -1.38. The molecule has 1 aromatic carbocycles. The summed E-state index contributed by atoms with van der Waals surface area (Å²) >= 11 is 5.55. The molecule has 0 saturated heterocycles. The van der Waals surface area contributed by atoms with Gasteiger partial charge in [-0.3, -0.25) is 4.79 Å². The molecule has 0 amide bonds. The molecule has 1 rings (SSSR count). The number of carbonyl (C=O) groups is 1. The summed E-state index contributed by atoms with van der Waals surface area (Å²) in [5.41, 5.74) is 5.10. The molecule has 1 unspecified atom stereocenters. The van der Waals surface area contributed by atoms with E-state index in [-0.39, 0.29) is 10.6 Å². The highest BCUT2D eigenvalue weighted by Crippen LogP contribution is 2.19. The lowest BCUT2D eigenvalue weighted by Gasteiger charge is -2.07. The lowest BCUT2D eigenvalue weighted by molar-refractivity contribution is -0.138. The maximum atomic E-state index is 13.0. The molecule has 1 atom stereocenters. The largest absolute Gasteiger partial charge is 0.480 e. The Bertz CT molecular complexity index is 343. The van der Waals surface area contributed by atoms with Crippen molar-refractivity contribution in [2.45, 2.75) is 6.04 Å². The lowest BCUT2D eigenvalue weighted by Crippen LogP contribution is -2.21. The monoisotopic (exact) mass is 203 g/mol. The predicted molar refractivity (Wildman–Crippen MR) is 46.0 cm³/mol. The van der Waals surface area contributed by atoms with E-state index < -0.39 is 17.8 Å². The fourth-order valence-corrected chi connectivity index (χ4v) is 1.07. The molecule has 0 heterocycles. The number of nitrogens with two attached hydrogens (primary N) is 1. The van der Waals surface area contributed by atoms with Crippen molar-refractivity contribution in [2.24, 2.45) is 5.73 Å². The summed E-state index contributed by atoms with van der Waals surface area (Å²) in [7, 11) is 0. The highest BCUT2D eigenvalue weighted by atomic mass is 35.5. The van der Waals surface area contributed by atoms with E-state index in [1.807, 2.05) is 0 Å². The van der Waals surface area contributed by atoms with Gasteiger partial charge in [0.1, 0.15) is 11.9 Å². The van der Waals surface area contributed by atoms with Crippen LogP contribution in [-0.2, 0) is 4.79 Å². The van der Waals surface area contributed by atoms with Gasteiger partial charge >= 0.3 is 5.97 Å². The van der Waals surface area contributed by atoms with E-state index in [1.54, 1.807) is 0 Å². The highest BCUT2D eigenvalue weighted by Gasteiger charge is 2.18. The third-order valence-electron chi connectivity index (χ3n) is 1.56.